The number of carboxylic acid groups (broad SMARTS) is 1. The third-order valence-corrected chi connectivity index (χ3v) is 3.19. The molecule has 0 spiro atoms. The maximum Gasteiger partial charge on any atom is 0.346 e. The van der Waals surface area contributed by atoms with Gasteiger partial charge in [-0.2, -0.15) is 8.78 Å². The van der Waals surface area contributed by atoms with Crippen molar-refractivity contribution in [2.75, 3.05) is 0 Å². The SMILES string of the molecule is CC1(F)CC1(OC(F)F)c1ccc(C(=O)O)cc1. The minimum absolute atomic E-state index is 0.00663. The van der Waals surface area contributed by atoms with Gasteiger partial charge in [0.15, 0.2) is 0 Å². The van der Waals surface area contributed by atoms with Crippen molar-refractivity contribution in [3.63, 3.8) is 0 Å². The van der Waals surface area contributed by atoms with Crippen molar-refractivity contribution in [3.05, 3.63) is 35.4 Å². The Bertz CT molecular complexity index is 470. The molecule has 1 aromatic rings. The number of carbonyl (C=O) groups is 1. The number of hydrogen-bond donors (Lipinski definition) is 1. The summed E-state index contributed by atoms with van der Waals surface area (Å²) in [6, 6.07) is 5.08. The van der Waals surface area contributed by atoms with Gasteiger partial charge in [0, 0.05) is 6.42 Å². The number of benzene rings is 1. The summed E-state index contributed by atoms with van der Waals surface area (Å²) in [6.45, 7) is -1.90. The predicted octanol–water partition coefficient (Wildman–Crippen LogP) is 2.95. The van der Waals surface area contributed by atoms with Crippen molar-refractivity contribution in [2.24, 2.45) is 0 Å². The van der Waals surface area contributed by atoms with Crippen LogP contribution in [0.1, 0.15) is 29.3 Å². The Morgan fingerprint density at radius 3 is 2.22 bits per heavy atom. The number of carboxylic acids is 1. The van der Waals surface area contributed by atoms with Crippen molar-refractivity contribution < 1.29 is 27.8 Å². The van der Waals surface area contributed by atoms with Gasteiger partial charge in [-0.15, -0.1) is 0 Å². The first-order valence-corrected chi connectivity index (χ1v) is 5.27. The number of aromatic carboxylic acids is 1. The number of halogens is 3. The van der Waals surface area contributed by atoms with Gasteiger partial charge in [-0.05, 0) is 24.6 Å². The van der Waals surface area contributed by atoms with Crippen molar-refractivity contribution in [1.82, 2.24) is 0 Å². The molecular weight excluding hydrogens is 249 g/mol. The molecule has 0 aliphatic heterocycles. The van der Waals surface area contributed by atoms with Gasteiger partial charge in [-0.1, -0.05) is 12.1 Å². The van der Waals surface area contributed by atoms with Crippen molar-refractivity contribution >= 4 is 5.97 Å². The summed E-state index contributed by atoms with van der Waals surface area (Å²) in [5.41, 5.74) is -3.31. The molecule has 1 aliphatic carbocycles. The van der Waals surface area contributed by atoms with Crippen LogP contribution in [0.25, 0.3) is 0 Å². The predicted molar refractivity (Wildman–Crippen MR) is 56.3 cm³/mol. The van der Waals surface area contributed by atoms with Crippen LogP contribution in [0.3, 0.4) is 0 Å². The largest absolute Gasteiger partial charge is 0.478 e. The third-order valence-electron chi connectivity index (χ3n) is 3.19. The molecule has 3 nitrogen and oxygen atoms in total. The summed E-state index contributed by atoms with van der Waals surface area (Å²) in [5.74, 6) is -1.14. The zero-order valence-corrected chi connectivity index (χ0v) is 9.49. The average molecular weight is 260 g/mol. The molecule has 18 heavy (non-hydrogen) atoms. The van der Waals surface area contributed by atoms with Crippen LogP contribution >= 0.6 is 0 Å². The number of ether oxygens (including phenoxy) is 1. The lowest BCUT2D eigenvalue weighted by Crippen LogP contribution is -2.24. The number of alkyl halides is 3. The van der Waals surface area contributed by atoms with Gasteiger partial charge in [-0.3, -0.25) is 0 Å². The van der Waals surface area contributed by atoms with Gasteiger partial charge in [-0.25, -0.2) is 9.18 Å². The van der Waals surface area contributed by atoms with Crippen molar-refractivity contribution in [1.29, 1.82) is 0 Å². The van der Waals surface area contributed by atoms with E-state index >= 15 is 0 Å². The van der Waals surface area contributed by atoms with E-state index in [9.17, 15) is 18.0 Å². The second-order valence-electron chi connectivity index (χ2n) is 4.46. The molecule has 0 saturated heterocycles. The molecule has 2 unspecified atom stereocenters. The maximum absolute atomic E-state index is 13.8. The van der Waals surface area contributed by atoms with Crippen LogP contribution < -0.4 is 0 Å². The number of rotatable bonds is 4. The molecule has 0 amide bonds. The van der Waals surface area contributed by atoms with Gasteiger partial charge in [0.2, 0.25) is 0 Å². The average Bonchev–Trinajstić information content (AvgIpc) is 2.80. The zero-order chi connectivity index (χ0) is 13.6. The fourth-order valence-electron chi connectivity index (χ4n) is 2.09. The van der Waals surface area contributed by atoms with Crippen LogP contribution in [0.2, 0.25) is 0 Å². The molecule has 2 rings (SSSR count). The van der Waals surface area contributed by atoms with E-state index in [1.165, 1.54) is 31.2 Å². The minimum atomic E-state index is -3.08. The highest BCUT2D eigenvalue weighted by molar-refractivity contribution is 5.87. The molecule has 1 saturated carbocycles. The van der Waals surface area contributed by atoms with Gasteiger partial charge >= 0.3 is 12.6 Å². The Labute approximate surface area is 101 Å². The van der Waals surface area contributed by atoms with E-state index in [1.807, 2.05) is 0 Å². The molecule has 0 bridgehead atoms. The molecule has 6 heteroatoms. The van der Waals surface area contributed by atoms with E-state index in [-0.39, 0.29) is 17.5 Å². The Hall–Kier alpha value is -1.56. The van der Waals surface area contributed by atoms with Crippen LogP contribution in [0.5, 0.6) is 0 Å². The van der Waals surface area contributed by atoms with Gasteiger partial charge in [0.05, 0.1) is 5.56 Å². The number of hydrogen-bond acceptors (Lipinski definition) is 2. The normalized spacial score (nSPS) is 30.5. The van der Waals surface area contributed by atoms with E-state index in [0.717, 1.165) is 0 Å². The van der Waals surface area contributed by atoms with Crippen LogP contribution in [-0.4, -0.2) is 23.4 Å². The fraction of sp³-hybridized carbons (Fsp3) is 0.417. The molecule has 2 atom stereocenters. The summed E-state index contributed by atoms with van der Waals surface area (Å²) < 4.78 is 42.9. The molecule has 1 fully saturated rings. The lowest BCUT2D eigenvalue weighted by molar-refractivity contribution is -0.189. The Morgan fingerprint density at radius 2 is 1.89 bits per heavy atom. The summed E-state index contributed by atoms with van der Waals surface area (Å²) in [7, 11) is 0. The quantitative estimate of drug-likeness (QED) is 0.905. The minimum Gasteiger partial charge on any atom is -0.478 e. The summed E-state index contributed by atoms with van der Waals surface area (Å²) in [6.07, 6.45) is -0.170. The monoisotopic (exact) mass is 260 g/mol. The van der Waals surface area contributed by atoms with Crippen LogP contribution in [-0.2, 0) is 10.3 Å². The summed E-state index contributed by atoms with van der Waals surface area (Å²) in [4.78, 5) is 10.7. The van der Waals surface area contributed by atoms with Crippen molar-refractivity contribution in [2.45, 2.75) is 31.2 Å². The molecular formula is C12H11F3O3. The first kappa shape index (κ1) is 12.9. The van der Waals surface area contributed by atoms with Gasteiger partial charge in [0.1, 0.15) is 11.3 Å². The van der Waals surface area contributed by atoms with E-state index in [0.29, 0.717) is 0 Å². The second kappa shape index (κ2) is 3.98. The fourth-order valence-corrected chi connectivity index (χ4v) is 2.09. The first-order valence-electron chi connectivity index (χ1n) is 5.27. The Balaban J connectivity index is 2.31. The zero-order valence-electron chi connectivity index (χ0n) is 9.49. The molecule has 0 aromatic heterocycles. The van der Waals surface area contributed by atoms with Crippen LogP contribution in [0.4, 0.5) is 13.2 Å². The topological polar surface area (TPSA) is 46.5 Å². The van der Waals surface area contributed by atoms with E-state index < -0.39 is 23.9 Å². The summed E-state index contributed by atoms with van der Waals surface area (Å²) in [5, 5.41) is 8.72. The van der Waals surface area contributed by atoms with Crippen LogP contribution in [0, 0.1) is 0 Å². The standard InChI is InChI=1S/C12H11F3O3/c1-11(15)6-12(11,18-10(13)14)8-4-2-7(3-5-8)9(16)17/h2-5,10H,6H2,1H3,(H,16,17). The van der Waals surface area contributed by atoms with E-state index in [4.69, 9.17) is 5.11 Å². The molecule has 1 aromatic carbocycles. The Morgan fingerprint density at radius 1 is 1.39 bits per heavy atom. The van der Waals surface area contributed by atoms with Gasteiger partial charge in [0.25, 0.3) is 0 Å². The molecule has 98 valence electrons. The third kappa shape index (κ3) is 1.96. The molecule has 0 heterocycles. The highest BCUT2D eigenvalue weighted by Crippen LogP contribution is 2.61. The van der Waals surface area contributed by atoms with Gasteiger partial charge < -0.3 is 9.84 Å². The molecule has 1 aliphatic rings. The second-order valence-corrected chi connectivity index (χ2v) is 4.46. The maximum atomic E-state index is 13.8. The molecule has 1 N–H and O–H groups in total. The highest BCUT2D eigenvalue weighted by Gasteiger charge is 2.69. The smallest absolute Gasteiger partial charge is 0.346 e. The lowest BCUT2D eigenvalue weighted by atomic mass is 10.0. The summed E-state index contributed by atoms with van der Waals surface area (Å²) >= 11 is 0. The van der Waals surface area contributed by atoms with E-state index in [2.05, 4.69) is 4.74 Å². The first-order chi connectivity index (χ1) is 8.28. The lowest BCUT2D eigenvalue weighted by Gasteiger charge is -2.19. The Kier molecular flexibility index (Phi) is 2.85. The van der Waals surface area contributed by atoms with Crippen LogP contribution in [0.15, 0.2) is 24.3 Å². The van der Waals surface area contributed by atoms with E-state index in [1.54, 1.807) is 0 Å². The van der Waals surface area contributed by atoms with Crippen molar-refractivity contribution in [3.8, 4) is 0 Å². The molecule has 0 radical (unpaired) electrons. The highest BCUT2D eigenvalue weighted by atomic mass is 19.3.